The van der Waals surface area contributed by atoms with Gasteiger partial charge in [0.1, 0.15) is 5.03 Å². The molecule has 1 N–H and O–H groups in total. The normalized spacial score (nSPS) is 10.2. The van der Waals surface area contributed by atoms with Gasteiger partial charge < -0.3 is 5.32 Å². The van der Waals surface area contributed by atoms with Crippen LogP contribution in [0.1, 0.15) is 5.56 Å². The number of nitrogens with one attached hydrogen (secondary N) is 1. The summed E-state index contributed by atoms with van der Waals surface area (Å²) in [6.07, 6.45) is 1.75. The number of hydrogen-bond acceptors (Lipinski definition) is 4. The third-order valence-corrected chi connectivity index (χ3v) is 4.44. The van der Waals surface area contributed by atoms with Crippen molar-refractivity contribution in [1.82, 2.24) is 4.98 Å². The van der Waals surface area contributed by atoms with Gasteiger partial charge in [0.25, 0.3) is 0 Å². The number of benzene rings is 1. The summed E-state index contributed by atoms with van der Waals surface area (Å²) >= 11 is 0. The number of aromatic nitrogens is 1. The first-order valence-electron chi connectivity index (χ1n) is 5.81. The molecular formula is C14H14N2OS2. The summed E-state index contributed by atoms with van der Waals surface area (Å²) in [5, 5.41) is 3.77. The molecule has 0 fully saturated rings. The smallest absolute Gasteiger partial charge is 0.235 e. The summed E-state index contributed by atoms with van der Waals surface area (Å²) in [7, 11) is 2.99. The van der Waals surface area contributed by atoms with Crippen molar-refractivity contribution in [1.29, 1.82) is 0 Å². The lowest BCUT2D eigenvalue weighted by Gasteiger charge is -2.04. The summed E-state index contributed by atoms with van der Waals surface area (Å²) in [6.45, 7) is 2.02. The lowest BCUT2D eigenvalue weighted by molar-refractivity contribution is -0.113. The fraction of sp³-hybridized carbons (Fsp3) is 0.143. The molecule has 0 spiro atoms. The molecule has 3 nitrogen and oxygen atoms in total. The minimum Gasteiger partial charge on any atom is -0.325 e. The van der Waals surface area contributed by atoms with E-state index < -0.39 is 0 Å². The molecule has 0 aliphatic carbocycles. The molecule has 0 bridgehead atoms. The van der Waals surface area contributed by atoms with Crippen molar-refractivity contribution in [2.45, 2.75) is 11.9 Å². The minimum absolute atomic E-state index is 0.00251. The van der Waals surface area contributed by atoms with Crippen LogP contribution in [-0.2, 0) is 4.79 Å². The molecule has 98 valence electrons. The zero-order valence-corrected chi connectivity index (χ0v) is 12.1. The van der Waals surface area contributed by atoms with E-state index in [1.165, 1.54) is 27.2 Å². The molecule has 19 heavy (non-hydrogen) atoms. The van der Waals surface area contributed by atoms with E-state index in [1.54, 1.807) is 6.20 Å². The molecular weight excluding hydrogens is 276 g/mol. The molecule has 0 atom stereocenters. The predicted octanol–water partition coefficient (Wildman–Crippen LogP) is 3.77. The number of anilines is 1. The first kappa shape index (κ1) is 14.0. The fourth-order valence-electron chi connectivity index (χ4n) is 1.37. The maximum Gasteiger partial charge on any atom is 0.235 e. The summed E-state index contributed by atoms with van der Waals surface area (Å²) in [4.78, 5) is 15.9. The van der Waals surface area contributed by atoms with Gasteiger partial charge >= 0.3 is 0 Å². The zero-order valence-electron chi connectivity index (χ0n) is 10.5. The highest BCUT2D eigenvalue weighted by molar-refractivity contribution is 8.76. The van der Waals surface area contributed by atoms with Crippen LogP contribution in [0.3, 0.4) is 0 Å². The van der Waals surface area contributed by atoms with Gasteiger partial charge in [-0.1, -0.05) is 34.6 Å². The molecule has 1 amide bonds. The SMILES string of the molecule is Cc1ccc(NC(=O)CSSc2ccccn2)cc1. The third-order valence-electron chi connectivity index (χ3n) is 2.31. The van der Waals surface area contributed by atoms with E-state index in [-0.39, 0.29) is 5.91 Å². The van der Waals surface area contributed by atoms with E-state index in [9.17, 15) is 4.79 Å². The van der Waals surface area contributed by atoms with Crippen LogP contribution in [0, 0.1) is 6.92 Å². The Morgan fingerprint density at radius 1 is 1.21 bits per heavy atom. The Morgan fingerprint density at radius 3 is 2.68 bits per heavy atom. The van der Waals surface area contributed by atoms with Crippen LogP contribution in [0.5, 0.6) is 0 Å². The number of amides is 1. The van der Waals surface area contributed by atoms with Crippen LogP contribution < -0.4 is 5.32 Å². The highest BCUT2D eigenvalue weighted by Crippen LogP contribution is 2.28. The third kappa shape index (κ3) is 4.96. The van der Waals surface area contributed by atoms with E-state index >= 15 is 0 Å². The second kappa shape index (κ2) is 7.21. The molecule has 2 rings (SSSR count). The van der Waals surface area contributed by atoms with E-state index in [2.05, 4.69) is 10.3 Å². The number of carbonyl (C=O) groups is 1. The predicted molar refractivity (Wildman–Crippen MR) is 82.4 cm³/mol. The van der Waals surface area contributed by atoms with Crippen LogP contribution in [0.25, 0.3) is 0 Å². The van der Waals surface area contributed by atoms with Gasteiger partial charge in [-0.3, -0.25) is 4.79 Å². The second-order valence-corrected chi connectivity index (χ2v) is 6.24. The lowest BCUT2D eigenvalue weighted by Crippen LogP contribution is -2.13. The first-order chi connectivity index (χ1) is 9.24. The minimum atomic E-state index is -0.00251. The Hall–Kier alpha value is -1.46. The number of rotatable bonds is 5. The lowest BCUT2D eigenvalue weighted by atomic mass is 10.2. The summed E-state index contributed by atoms with van der Waals surface area (Å²) in [6, 6.07) is 13.5. The fourth-order valence-corrected chi connectivity index (χ4v) is 3.13. The summed E-state index contributed by atoms with van der Waals surface area (Å²) < 4.78 is 0. The molecule has 5 heteroatoms. The van der Waals surface area contributed by atoms with Gasteiger partial charge in [-0.15, -0.1) is 0 Å². The zero-order chi connectivity index (χ0) is 13.5. The van der Waals surface area contributed by atoms with Crippen molar-refractivity contribution in [3.05, 3.63) is 54.2 Å². The van der Waals surface area contributed by atoms with Gasteiger partial charge in [-0.2, -0.15) is 0 Å². The van der Waals surface area contributed by atoms with Crippen molar-refractivity contribution >= 4 is 33.2 Å². The number of carbonyl (C=O) groups excluding carboxylic acids is 1. The van der Waals surface area contributed by atoms with Gasteiger partial charge in [0, 0.05) is 11.9 Å². The number of pyridine rings is 1. The van der Waals surface area contributed by atoms with Crippen molar-refractivity contribution in [2.75, 3.05) is 11.1 Å². The Bertz CT molecular complexity index is 529. The Kier molecular flexibility index (Phi) is 5.30. The second-order valence-electron chi connectivity index (χ2n) is 3.93. The van der Waals surface area contributed by atoms with E-state index in [4.69, 9.17) is 0 Å². The van der Waals surface area contributed by atoms with Crippen molar-refractivity contribution in [2.24, 2.45) is 0 Å². The largest absolute Gasteiger partial charge is 0.325 e. The van der Waals surface area contributed by atoms with Crippen LogP contribution in [0.4, 0.5) is 5.69 Å². The number of aryl methyl sites for hydroxylation is 1. The Morgan fingerprint density at radius 2 is 2.00 bits per heavy atom. The van der Waals surface area contributed by atoms with E-state index in [0.717, 1.165) is 10.7 Å². The molecule has 0 aliphatic heterocycles. The molecule has 0 aliphatic rings. The Balaban J connectivity index is 1.74. The van der Waals surface area contributed by atoms with Crippen molar-refractivity contribution < 1.29 is 4.79 Å². The maximum atomic E-state index is 11.7. The molecule has 0 radical (unpaired) electrons. The van der Waals surface area contributed by atoms with E-state index in [1.807, 2.05) is 49.4 Å². The van der Waals surface area contributed by atoms with Gasteiger partial charge in [0.15, 0.2) is 0 Å². The summed E-state index contributed by atoms with van der Waals surface area (Å²) in [5.41, 5.74) is 2.01. The first-order valence-corrected chi connectivity index (χ1v) is 8.13. The van der Waals surface area contributed by atoms with Crippen LogP contribution in [0.15, 0.2) is 53.7 Å². The standard InChI is InChI=1S/C14H14N2OS2/c1-11-5-7-12(8-6-11)16-13(17)10-18-19-14-4-2-3-9-15-14/h2-9H,10H2,1H3,(H,16,17). The van der Waals surface area contributed by atoms with E-state index in [0.29, 0.717) is 5.75 Å². The quantitative estimate of drug-likeness (QED) is 0.851. The average Bonchev–Trinajstić information content (AvgIpc) is 2.43. The van der Waals surface area contributed by atoms with Gasteiger partial charge in [0.2, 0.25) is 5.91 Å². The Labute approximate surface area is 120 Å². The van der Waals surface area contributed by atoms with Crippen molar-refractivity contribution in [3.8, 4) is 0 Å². The average molecular weight is 290 g/mol. The molecule has 0 saturated carbocycles. The highest BCUT2D eigenvalue weighted by Gasteiger charge is 2.03. The monoisotopic (exact) mass is 290 g/mol. The highest BCUT2D eigenvalue weighted by atomic mass is 33.1. The van der Waals surface area contributed by atoms with Crippen LogP contribution in [-0.4, -0.2) is 16.6 Å². The van der Waals surface area contributed by atoms with Gasteiger partial charge in [-0.25, -0.2) is 4.98 Å². The molecule has 1 heterocycles. The molecule has 2 aromatic rings. The molecule has 0 saturated heterocycles. The topological polar surface area (TPSA) is 42.0 Å². The van der Waals surface area contributed by atoms with Crippen molar-refractivity contribution in [3.63, 3.8) is 0 Å². The van der Waals surface area contributed by atoms with Gasteiger partial charge in [-0.05, 0) is 42.0 Å². The number of hydrogen-bond donors (Lipinski definition) is 1. The summed E-state index contributed by atoms with van der Waals surface area (Å²) in [5.74, 6) is 0.395. The van der Waals surface area contributed by atoms with Crippen LogP contribution in [0.2, 0.25) is 0 Å². The molecule has 0 unspecified atom stereocenters. The molecule has 1 aromatic heterocycles. The van der Waals surface area contributed by atoms with Gasteiger partial charge in [0.05, 0.1) is 5.75 Å². The van der Waals surface area contributed by atoms with Crippen LogP contribution >= 0.6 is 21.6 Å². The molecule has 1 aromatic carbocycles. The maximum absolute atomic E-state index is 11.7. The number of nitrogens with zero attached hydrogens (tertiary/aromatic N) is 1.